The van der Waals surface area contributed by atoms with Gasteiger partial charge in [-0.05, 0) is 44.0 Å². The van der Waals surface area contributed by atoms with Crippen molar-refractivity contribution < 1.29 is 9.53 Å². The maximum atomic E-state index is 11.8. The molecule has 0 bridgehead atoms. The molecule has 0 aromatic heterocycles. The molecule has 3 rings (SSSR count). The average Bonchev–Trinajstić information content (AvgIpc) is 2.95. The summed E-state index contributed by atoms with van der Waals surface area (Å²) in [5.41, 5.74) is 1.26. The molecule has 2 aliphatic rings. The van der Waals surface area contributed by atoms with E-state index < -0.39 is 0 Å². The Kier molecular flexibility index (Phi) is 5.06. The van der Waals surface area contributed by atoms with Gasteiger partial charge in [-0.15, -0.1) is 0 Å². The molecule has 2 fully saturated rings. The van der Waals surface area contributed by atoms with Gasteiger partial charge in [0.05, 0.1) is 7.11 Å². The van der Waals surface area contributed by atoms with Gasteiger partial charge < -0.3 is 19.9 Å². The SMILES string of the molecule is CCN1C[C@@H](NC2CCN(c3ccc(OC)cc3)CC2)CC1=O. The lowest BCUT2D eigenvalue weighted by Gasteiger charge is -2.35. The summed E-state index contributed by atoms with van der Waals surface area (Å²) in [6.45, 7) is 5.86. The highest BCUT2D eigenvalue weighted by atomic mass is 16.5. The Labute approximate surface area is 138 Å². The van der Waals surface area contributed by atoms with Gasteiger partial charge in [0.1, 0.15) is 5.75 Å². The topological polar surface area (TPSA) is 44.8 Å². The van der Waals surface area contributed by atoms with Crippen LogP contribution in [0.25, 0.3) is 0 Å². The normalized spacial score (nSPS) is 22.7. The number of nitrogens with zero attached hydrogens (tertiary/aromatic N) is 2. The molecule has 2 heterocycles. The summed E-state index contributed by atoms with van der Waals surface area (Å²) in [6, 6.07) is 9.15. The number of methoxy groups -OCH3 is 1. The van der Waals surface area contributed by atoms with Gasteiger partial charge in [-0.1, -0.05) is 0 Å². The lowest BCUT2D eigenvalue weighted by molar-refractivity contribution is -0.127. The molecule has 2 aliphatic heterocycles. The molecule has 1 N–H and O–H groups in total. The molecule has 5 nitrogen and oxygen atoms in total. The molecule has 1 aromatic rings. The van der Waals surface area contributed by atoms with Crippen LogP contribution in [0.4, 0.5) is 5.69 Å². The Morgan fingerprint density at radius 2 is 1.87 bits per heavy atom. The summed E-state index contributed by atoms with van der Waals surface area (Å²) in [5.74, 6) is 1.19. The Hall–Kier alpha value is -1.75. The van der Waals surface area contributed by atoms with Crippen LogP contribution in [0.15, 0.2) is 24.3 Å². The Bertz CT molecular complexity index is 524. The minimum Gasteiger partial charge on any atom is -0.497 e. The standard InChI is InChI=1S/C18H27N3O2/c1-3-20-13-15(12-18(20)22)19-14-8-10-21(11-9-14)16-4-6-17(23-2)7-5-16/h4-7,14-15,19H,3,8-13H2,1-2H3/t15-/m0/s1. The van der Waals surface area contributed by atoms with E-state index in [2.05, 4.69) is 22.3 Å². The number of hydrogen-bond donors (Lipinski definition) is 1. The summed E-state index contributed by atoms with van der Waals surface area (Å²) < 4.78 is 5.21. The minimum atomic E-state index is 0.292. The number of ether oxygens (including phenoxy) is 1. The van der Waals surface area contributed by atoms with Crippen molar-refractivity contribution in [2.24, 2.45) is 0 Å². The second-order valence-electron chi connectivity index (χ2n) is 6.46. The van der Waals surface area contributed by atoms with Crippen LogP contribution in [0.5, 0.6) is 5.75 Å². The fraction of sp³-hybridized carbons (Fsp3) is 0.611. The Morgan fingerprint density at radius 3 is 2.43 bits per heavy atom. The highest BCUT2D eigenvalue weighted by Gasteiger charge is 2.30. The molecule has 0 unspecified atom stereocenters. The largest absolute Gasteiger partial charge is 0.497 e. The molecule has 0 radical (unpaired) electrons. The van der Waals surface area contributed by atoms with Crippen molar-refractivity contribution in [1.29, 1.82) is 0 Å². The van der Waals surface area contributed by atoms with Crippen LogP contribution in [0, 0.1) is 0 Å². The molecule has 1 aromatic carbocycles. The smallest absolute Gasteiger partial charge is 0.224 e. The predicted octanol–water partition coefficient (Wildman–Crippen LogP) is 1.87. The number of nitrogens with one attached hydrogen (secondary N) is 1. The number of benzene rings is 1. The summed E-state index contributed by atoms with van der Waals surface area (Å²) in [7, 11) is 1.69. The van der Waals surface area contributed by atoms with Gasteiger partial charge in [0, 0.05) is 50.4 Å². The first-order chi connectivity index (χ1) is 11.2. The second-order valence-corrected chi connectivity index (χ2v) is 6.46. The van der Waals surface area contributed by atoms with E-state index in [-0.39, 0.29) is 0 Å². The third-order valence-electron chi connectivity index (χ3n) is 5.00. The number of likely N-dealkylation sites (tertiary alicyclic amines) is 1. The summed E-state index contributed by atoms with van der Waals surface area (Å²) in [4.78, 5) is 16.2. The number of hydrogen-bond acceptors (Lipinski definition) is 4. The van der Waals surface area contributed by atoms with E-state index in [4.69, 9.17) is 4.74 Å². The molecule has 23 heavy (non-hydrogen) atoms. The zero-order valence-electron chi connectivity index (χ0n) is 14.1. The molecule has 5 heteroatoms. The number of carbonyl (C=O) groups excluding carboxylic acids is 1. The lowest BCUT2D eigenvalue weighted by Crippen LogP contribution is -2.47. The summed E-state index contributed by atoms with van der Waals surface area (Å²) >= 11 is 0. The number of anilines is 1. The molecular weight excluding hydrogens is 290 g/mol. The van der Waals surface area contributed by atoms with E-state index in [0.717, 1.165) is 44.8 Å². The van der Waals surface area contributed by atoms with Crippen molar-refractivity contribution in [3.63, 3.8) is 0 Å². The Morgan fingerprint density at radius 1 is 1.17 bits per heavy atom. The van der Waals surface area contributed by atoms with Gasteiger partial charge in [0.15, 0.2) is 0 Å². The zero-order chi connectivity index (χ0) is 16.2. The molecule has 0 saturated carbocycles. The van der Waals surface area contributed by atoms with E-state index in [1.807, 2.05) is 24.0 Å². The predicted molar refractivity (Wildman–Crippen MR) is 92.0 cm³/mol. The molecule has 1 atom stereocenters. The van der Waals surface area contributed by atoms with E-state index >= 15 is 0 Å². The number of likely N-dealkylation sites (N-methyl/N-ethyl adjacent to an activating group) is 1. The van der Waals surface area contributed by atoms with Crippen molar-refractivity contribution >= 4 is 11.6 Å². The van der Waals surface area contributed by atoms with Gasteiger partial charge >= 0.3 is 0 Å². The van der Waals surface area contributed by atoms with Gasteiger partial charge in [0.25, 0.3) is 0 Å². The van der Waals surface area contributed by atoms with Crippen LogP contribution in [0.3, 0.4) is 0 Å². The minimum absolute atomic E-state index is 0.292. The zero-order valence-corrected chi connectivity index (χ0v) is 14.1. The fourth-order valence-electron chi connectivity index (χ4n) is 3.62. The van der Waals surface area contributed by atoms with E-state index in [0.29, 0.717) is 24.4 Å². The molecule has 2 saturated heterocycles. The third-order valence-corrected chi connectivity index (χ3v) is 5.00. The van der Waals surface area contributed by atoms with Gasteiger partial charge in [0.2, 0.25) is 5.91 Å². The third kappa shape index (κ3) is 3.78. The molecule has 126 valence electrons. The quantitative estimate of drug-likeness (QED) is 0.900. The van der Waals surface area contributed by atoms with Crippen LogP contribution < -0.4 is 15.0 Å². The van der Waals surface area contributed by atoms with Crippen LogP contribution in [0.2, 0.25) is 0 Å². The number of piperidine rings is 1. The molecule has 1 amide bonds. The van der Waals surface area contributed by atoms with Crippen LogP contribution >= 0.6 is 0 Å². The van der Waals surface area contributed by atoms with E-state index in [1.165, 1.54) is 5.69 Å². The van der Waals surface area contributed by atoms with Crippen molar-refractivity contribution in [3.05, 3.63) is 24.3 Å². The fourth-order valence-corrected chi connectivity index (χ4v) is 3.62. The van der Waals surface area contributed by atoms with E-state index in [9.17, 15) is 4.79 Å². The van der Waals surface area contributed by atoms with Crippen LogP contribution in [0.1, 0.15) is 26.2 Å². The maximum absolute atomic E-state index is 11.8. The molecule has 0 spiro atoms. The van der Waals surface area contributed by atoms with Crippen LogP contribution in [-0.2, 0) is 4.79 Å². The highest BCUT2D eigenvalue weighted by molar-refractivity contribution is 5.79. The van der Waals surface area contributed by atoms with Gasteiger partial charge in [-0.25, -0.2) is 0 Å². The molecule has 0 aliphatic carbocycles. The van der Waals surface area contributed by atoms with Crippen molar-refractivity contribution in [1.82, 2.24) is 10.2 Å². The van der Waals surface area contributed by atoms with Gasteiger partial charge in [-0.3, -0.25) is 4.79 Å². The first-order valence-electron chi connectivity index (χ1n) is 8.62. The van der Waals surface area contributed by atoms with Crippen molar-refractivity contribution in [2.75, 3.05) is 38.2 Å². The highest BCUT2D eigenvalue weighted by Crippen LogP contribution is 2.23. The maximum Gasteiger partial charge on any atom is 0.224 e. The average molecular weight is 317 g/mol. The van der Waals surface area contributed by atoms with E-state index in [1.54, 1.807) is 7.11 Å². The lowest BCUT2D eigenvalue weighted by atomic mass is 10.0. The van der Waals surface area contributed by atoms with Crippen molar-refractivity contribution in [2.45, 2.75) is 38.3 Å². The first kappa shape index (κ1) is 16.1. The Balaban J connectivity index is 1.47. The second kappa shape index (κ2) is 7.21. The first-order valence-corrected chi connectivity index (χ1v) is 8.62. The number of amides is 1. The summed E-state index contributed by atoms with van der Waals surface area (Å²) in [6.07, 6.45) is 2.91. The number of carbonyl (C=O) groups is 1. The van der Waals surface area contributed by atoms with Crippen LogP contribution in [-0.4, -0.2) is 56.2 Å². The van der Waals surface area contributed by atoms with Crippen molar-refractivity contribution in [3.8, 4) is 5.75 Å². The molecular formula is C18H27N3O2. The summed E-state index contributed by atoms with van der Waals surface area (Å²) in [5, 5.41) is 3.69. The van der Waals surface area contributed by atoms with Gasteiger partial charge in [-0.2, -0.15) is 0 Å². The number of rotatable bonds is 5. The monoisotopic (exact) mass is 317 g/mol.